The number of anilines is 1. The predicted octanol–water partition coefficient (Wildman–Crippen LogP) is 3.61. The molecule has 3 aromatic rings. The molecule has 0 radical (unpaired) electrons. The van der Waals surface area contributed by atoms with Crippen molar-refractivity contribution in [1.82, 2.24) is 10.2 Å². The van der Waals surface area contributed by atoms with Crippen LogP contribution in [-0.4, -0.2) is 35.9 Å². The molecule has 1 aromatic heterocycles. The van der Waals surface area contributed by atoms with E-state index in [1.54, 1.807) is 19.1 Å². The SMILES string of the molecule is CC(Sc1nnc(-c2ccccc2F)o1)C(=O)c1ccc(NS(C)(=O)=O)cc1. The monoisotopic (exact) mass is 421 g/mol. The lowest BCUT2D eigenvalue weighted by atomic mass is 10.1. The van der Waals surface area contributed by atoms with Gasteiger partial charge in [0.1, 0.15) is 5.82 Å². The molecule has 1 heterocycles. The van der Waals surface area contributed by atoms with Gasteiger partial charge < -0.3 is 4.42 Å². The van der Waals surface area contributed by atoms with E-state index in [1.165, 1.54) is 36.4 Å². The maximum Gasteiger partial charge on any atom is 0.277 e. The first-order valence-corrected chi connectivity index (χ1v) is 10.9. The fraction of sp³-hybridized carbons (Fsp3) is 0.167. The standard InChI is InChI=1S/C18H16FN3O4S2/c1-11(16(23)12-7-9-13(10-8-12)22-28(2,24)25)27-18-21-20-17(26-18)14-5-3-4-6-15(14)19/h3-11,22H,1-2H3. The minimum absolute atomic E-state index is 0.0384. The number of sulfonamides is 1. The summed E-state index contributed by atoms with van der Waals surface area (Å²) >= 11 is 1.06. The first-order valence-electron chi connectivity index (χ1n) is 8.10. The molecule has 10 heteroatoms. The number of carbonyl (C=O) groups excluding carboxylic acids is 1. The van der Waals surface area contributed by atoms with E-state index in [0.29, 0.717) is 11.3 Å². The number of nitrogens with zero attached hydrogens (tertiary/aromatic N) is 2. The highest BCUT2D eigenvalue weighted by atomic mass is 32.2. The van der Waals surface area contributed by atoms with Crippen LogP contribution in [0.1, 0.15) is 17.3 Å². The van der Waals surface area contributed by atoms with Crippen LogP contribution in [0.3, 0.4) is 0 Å². The number of hydrogen-bond donors (Lipinski definition) is 1. The first kappa shape index (κ1) is 20.0. The average Bonchev–Trinajstić information content (AvgIpc) is 3.09. The Balaban J connectivity index is 1.69. The van der Waals surface area contributed by atoms with Gasteiger partial charge in [0.25, 0.3) is 11.1 Å². The topological polar surface area (TPSA) is 102 Å². The molecule has 3 rings (SSSR count). The van der Waals surface area contributed by atoms with Gasteiger partial charge in [-0.05, 0) is 43.3 Å². The van der Waals surface area contributed by atoms with Gasteiger partial charge in [0.15, 0.2) is 5.78 Å². The van der Waals surface area contributed by atoms with E-state index in [4.69, 9.17) is 4.42 Å². The van der Waals surface area contributed by atoms with E-state index < -0.39 is 21.1 Å². The van der Waals surface area contributed by atoms with Crippen molar-refractivity contribution >= 4 is 33.3 Å². The van der Waals surface area contributed by atoms with Gasteiger partial charge in [0.2, 0.25) is 10.0 Å². The molecule has 0 aliphatic rings. The maximum absolute atomic E-state index is 13.8. The van der Waals surface area contributed by atoms with Crippen molar-refractivity contribution in [2.24, 2.45) is 0 Å². The Morgan fingerprint density at radius 2 is 1.82 bits per heavy atom. The molecule has 0 spiro atoms. The molecule has 0 aliphatic heterocycles. The smallest absolute Gasteiger partial charge is 0.277 e. The highest BCUT2D eigenvalue weighted by Gasteiger charge is 2.21. The molecule has 1 N–H and O–H groups in total. The third-order valence-corrected chi connectivity index (χ3v) is 5.17. The molecule has 1 unspecified atom stereocenters. The van der Waals surface area contributed by atoms with Gasteiger partial charge in [-0.25, -0.2) is 12.8 Å². The van der Waals surface area contributed by atoms with Gasteiger partial charge in [0, 0.05) is 11.3 Å². The van der Waals surface area contributed by atoms with Gasteiger partial charge in [-0.1, -0.05) is 23.9 Å². The summed E-state index contributed by atoms with van der Waals surface area (Å²) in [6.07, 6.45) is 1.05. The Kier molecular flexibility index (Phi) is 5.80. The summed E-state index contributed by atoms with van der Waals surface area (Å²) in [6.45, 7) is 1.68. The summed E-state index contributed by atoms with van der Waals surface area (Å²) in [5.74, 6) is -0.632. The second-order valence-electron chi connectivity index (χ2n) is 5.93. The molecule has 0 saturated heterocycles. The van der Waals surface area contributed by atoms with Crippen LogP contribution in [0.5, 0.6) is 0 Å². The molecule has 2 aromatic carbocycles. The second-order valence-corrected chi connectivity index (χ2v) is 8.97. The van der Waals surface area contributed by atoms with Crippen molar-refractivity contribution in [3.8, 4) is 11.5 Å². The number of ketones is 1. The molecule has 0 fully saturated rings. The molecule has 7 nitrogen and oxygen atoms in total. The van der Waals surface area contributed by atoms with Gasteiger partial charge in [-0.3, -0.25) is 9.52 Å². The van der Waals surface area contributed by atoms with Crippen molar-refractivity contribution in [3.05, 3.63) is 59.9 Å². The Labute approximate surface area is 165 Å². The molecule has 0 bridgehead atoms. The summed E-state index contributed by atoms with van der Waals surface area (Å²) in [7, 11) is -3.38. The lowest BCUT2D eigenvalue weighted by molar-refractivity contribution is 0.0993. The first-order chi connectivity index (χ1) is 13.2. The fourth-order valence-corrected chi connectivity index (χ4v) is 3.68. The molecular weight excluding hydrogens is 405 g/mol. The van der Waals surface area contributed by atoms with E-state index in [-0.39, 0.29) is 22.5 Å². The zero-order valence-corrected chi connectivity index (χ0v) is 16.6. The average molecular weight is 421 g/mol. The molecule has 0 aliphatic carbocycles. The van der Waals surface area contributed by atoms with E-state index in [2.05, 4.69) is 14.9 Å². The number of aromatic nitrogens is 2. The fourth-order valence-electron chi connectivity index (χ4n) is 2.36. The van der Waals surface area contributed by atoms with Crippen LogP contribution in [0.15, 0.2) is 58.2 Å². The van der Waals surface area contributed by atoms with Gasteiger partial charge >= 0.3 is 0 Å². The Bertz CT molecular complexity index is 1100. The van der Waals surface area contributed by atoms with Crippen LogP contribution in [0.2, 0.25) is 0 Å². The van der Waals surface area contributed by atoms with E-state index in [0.717, 1.165) is 18.0 Å². The predicted molar refractivity (Wildman–Crippen MR) is 104 cm³/mol. The number of carbonyl (C=O) groups is 1. The highest BCUT2D eigenvalue weighted by Crippen LogP contribution is 2.29. The Hall–Kier alpha value is -2.72. The van der Waals surface area contributed by atoms with Gasteiger partial charge in [-0.15, -0.1) is 10.2 Å². The molecule has 28 heavy (non-hydrogen) atoms. The van der Waals surface area contributed by atoms with Crippen LogP contribution in [-0.2, 0) is 10.0 Å². The summed E-state index contributed by atoms with van der Waals surface area (Å²) in [6, 6.07) is 12.1. The van der Waals surface area contributed by atoms with Crippen LogP contribution < -0.4 is 4.72 Å². The highest BCUT2D eigenvalue weighted by molar-refractivity contribution is 8.00. The minimum atomic E-state index is -3.38. The van der Waals surface area contributed by atoms with Crippen molar-refractivity contribution in [2.45, 2.75) is 17.4 Å². The summed E-state index contributed by atoms with van der Waals surface area (Å²) < 4.78 is 44.0. The maximum atomic E-state index is 13.8. The number of Topliss-reactive ketones (excluding diaryl/α,β-unsaturated/α-hetero) is 1. The quantitative estimate of drug-likeness (QED) is 0.459. The van der Waals surface area contributed by atoms with E-state index in [9.17, 15) is 17.6 Å². The zero-order valence-electron chi connectivity index (χ0n) is 14.9. The van der Waals surface area contributed by atoms with Crippen LogP contribution in [0, 0.1) is 5.82 Å². The van der Waals surface area contributed by atoms with E-state index >= 15 is 0 Å². The third kappa shape index (κ3) is 4.96. The largest absolute Gasteiger partial charge is 0.411 e. The summed E-state index contributed by atoms with van der Waals surface area (Å²) in [4.78, 5) is 12.6. The van der Waals surface area contributed by atoms with Crippen molar-refractivity contribution in [1.29, 1.82) is 0 Å². The molecule has 1 atom stereocenters. The van der Waals surface area contributed by atoms with E-state index in [1.807, 2.05) is 0 Å². The van der Waals surface area contributed by atoms with Crippen molar-refractivity contribution < 1.29 is 22.0 Å². The zero-order chi connectivity index (χ0) is 20.3. The minimum Gasteiger partial charge on any atom is -0.411 e. The molecule has 146 valence electrons. The van der Waals surface area contributed by atoms with Gasteiger partial charge in [0.05, 0.1) is 17.1 Å². The number of thioether (sulfide) groups is 1. The number of rotatable bonds is 7. The van der Waals surface area contributed by atoms with Crippen LogP contribution in [0.4, 0.5) is 10.1 Å². The lowest BCUT2D eigenvalue weighted by Gasteiger charge is -2.09. The Morgan fingerprint density at radius 1 is 1.14 bits per heavy atom. The summed E-state index contributed by atoms with van der Waals surface area (Å²) in [5.41, 5.74) is 0.966. The molecule has 0 amide bonds. The normalized spacial score (nSPS) is 12.5. The molecule has 0 saturated carbocycles. The number of halogens is 1. The van der Waals surface area contributed by atoms with Crippen molar-refractivity contribution in [3.63, 3.8) is 0 Å². The number of benzene rings is 2. The van der Waals surface area contributed by atoms with Gasteiger partial charge in [-0.2, -0.15) is 0 Å². The van der Waals surface area contributed by atoms with Crippen molar-refractivity contribution in [2.75, 3.05) is 11.0 Å². The Morgan fingerprint density at radius 3 is 2.46 bits per heavy atom. The number of nitrogens with one attached hydrogen (secondary N) is 1. The van der Waals surface area contributed by atoms with Crippen LogP contribution >= 0.6 is 11.8 Å². The lowest BCUT2D eigenvalue weighted by Crippen LogP contribution is -2.14. The molecular formula is C18H16FN3O4S2. The summed E-state index contributed by atoms with van der Waals surface area (Å²) in [5, 5.41) is 7.29. The van der Waals surface area contributed by atoms with Crippen LogP contribution in [0.25, 0.3) is 11.5 Å². The number of hydrogen-bond acceptors (Lipinski definition) is 7. The second kappa shape index (κ2) is 8.11. The third-order valence-electron chi connectivity index (χ3n) is 3.63.